The van der Waals surface area contributed by atoms with Crippen LogP contribution in [0.3, 0.4) is 0 Å². The van der Waals surface area contributed by atoms with Crippen molar-refractivity contribution in [2.45, 2.75) is 19.6 Å². The van der Waals surface area contributed by atoms with Gasteiger partial charge in [0, 0.05) is 18.7 Å². The van der Waals surface area contributed by atoms with E-state index in [-0.39, 0.29) is 6.10 Å². The van der Waals surface area contributed by atoms with E-state index < -0.39 is 0 Å². The maximum atomic E-state index is 10.5. The monoisotopic (exact) mass is 195 g/mol. The molecule has 1 aromatic heterocycles. The van der Waals surface area contributed by atoms with Crippen LogP contribution in [0.4, 0.5) is 0 Å². The predicted molar refractivity (Wildman–Crippen MR) is 50.1 cm³/mol. The summed E-state index contributed by atoms with van der Waals surface area (Å²) in [5.41, 5.74) is 1.52. The molecule has 0 spiro atoms. The van der Waals surface area contributed by atoms with Gasteiger partial charge in [-0.1, -0.05) is 0 Å². The second-order valence-electron chi connectivity index (χ2n) is 3.70. The van der Waals surface area contributed by atoms with Gasteiger partial charge in [0.25, 0.3) is 0 Å². The molecule has 2 rings (SSSR count). The second-order valence-corrected chi connectivity index (χ2v) is 3.70. The first-order chi connectivity index (χ1) is 6.70. The topological polar surface area (TPSA) is 53.7 Å². The highest BCUT2D eigenvalue weighted by Crippen LogP contribution is 2.19. The number of carbonyl (C=O) groups is 1. The SMILES string of the molecule is Cc1c(C=O)coc1CN1CC(O)C1. The Morgan fingerprint density at radius 1 is 1.71 bits per heavy atom. The van der Waals surface area contributed by atoms with Gasteiger partial charge in [-0.3, -0.25) is 9.69 Å². The van der Waals surface area contributed by atoms with E-state index >= 15 is 0 Å². The average Bonchev–Trinajstić information content (AvgIpc) is 2.45. The fourth-order valence-corrected chi connectivity index (χ4v) is 1.62. The molecule has 4 nitrogen and oxygen atoms in total. The molecule has 4 heteroatoms. The first kappa shape index (κ1) is 9.43. The molecule has 14 heavy (non-hydrogen) atoms. The zero-order valence-electron chi connectivity index (χ0n) is 8.06. The van der Waals surface area contributed by atoms with Crippen LogP contribution >= 0.6 is 0 Å². The Balaban J connectivity index is 2.02. The van der Waals surface area contributed by atoms with Crippen molar-refractivity contribution in [3.05, 3.63) is 23.2 Å². The van der Waals surface area contributed by atoms with Gasteiger partial charge in [0.15, 0.2) is 6.29 Å². The Hall–Kier alpha value is -1.13. The lowest BCUT2D eigenvalue weighted by molar-refractivity contribution is -0.00641. The average molecular weight is 195 g/mol. The second kappa shape index (κ2) is 3.55. The van der Waals surface area contributed by atoms with Gasteiger partial charge in [0.05, 0.1) is 18.2 Å². The Kier molecular flexibility index (Phi) is 2.39. The maximum Gasteiger partial charge on any atom is 0.153 e. The summed E-state index contributed by atoms with van der Waals surface area (Å²) in [5.74, 6) is 0.819. The van der Waals surface area contributed by atoms with Crippen LogP contribution in [0, 0.1) is 6.92 Å². The van der Waals surface area contributed by atoms with Crippen molar-refractivity contribution in [1.29, 1.82) is 0 Å². The van der Waals surface area contributed by atoms with Gasteiger partial charge in [-0.25, -0.2) is 0 Å². The molecule has 2 heterocycles. The van der Waals surface area contributed by atoms with Gasteiger partial charge in [-0.05, 0) is 6.92 Å². The molecule has 0 bridgehead atoms. The molecule has 0 atom stereocenters. The highest BCUT2D eigenvalue weighted by molar-refractivity contribution is 5.76. The molecular formula is C10H13NO3. The van der Waals surface area contributed by atoms with Crippen molar-refractivity contribution in [1.82, 2.24) is 4.90 Å². The van der Waals surface area contributed by atoms with Crippen LogP contribution in [0.5, 0.6) is 0 Å². The van der Waals surface area contributed by atoms with Gasteiger partial charge in [-0.2, -0.15) is 0 Å². The molecule has 0 aliphatic carbocycles. The van der Waals surface area contributed by atoms with Gasteiger partial charge in [-0.15, -0.1) is 0 Å². The number of rotatable bonds is 3. The fourth-order valence-electron chi connectivity index (χ4n) is 1.62. The number of likely N-dealkylation sites (tertiary alicyclic amines) is 1. The lowest BCUT2D eigenvalue weighted by Crippen LogP contribution is -2.49. The Morgan fingerprint density at radius 3 is 2.93 bits per heavy atom. The van der Waals surface area contributed by atoms with E-state index in [4.69, 9.17) is 9.52 Å². The molecule has 1 saturated heterocycles. The van der Waals surface area contributed by atoms with Crippen LogP contribution in [0.1, 0.15) is 21.7 Å². The highest BCUT2D eigenvalue weighted by atomic mass is 16.3. The van der Waals surface area contributed by atoms with Gasteiger partial charge < -0.3 is 9.52 Å². The number of β-amino-alcohol motifs (C(OH)–C–C–N with tert-alkyl or cyclic N) is 1. The summed E-state index contributed by atoms with van der Waals surface area (Å²) in [6.45, 7) is 3.93. The van der Waals surface area contributed by atoms with Crippen LogP contribution in [0.25, 0.3) is 0 Å². The number of hydrogen-bond acceptors (Lipinski definition) is 4. The van der Waals surface area contributed by atoms with E-state index in [1.54, 1.807) is 0 Å². The third-order valence-corrected chi connectivity index (χ3v) is 2.61. The first-order valence-electron chi connectivity index (χ1n) is 4.63. The molecule has 76 valence electrons. The van der Waals surface area contributed by atoms with E-state index in [9.17, 15) is 4.79 Å². The molecule has 1 fully saturated rings. The van der Waals surface area contributed by atoms with Crippen LogP contribution in [0.2, 0.25) is 0 Å². The zero-order chi connectivity index (χ0) is 10.1. The van der Waals surface area contributed by atoms with E-state index in [1.807, 2.05) is 6.92 Å². The van der Waals surface area contributed by atoms with Crippen molar-refractivity contribution in [3.63, 3.8) is 0 Å². The molecular weight excluding hydrogens is 182 g/mol. The summed E-state index contributed by atoms with van der Waals surface area (Å²) < 4.78 is 5.27. The number of hydrogen-bond donors (Lipinski definition) is 1. The summed E-state index contributed by atoms with van der Waals surface area (Å²) in [4.78, 5) is 12.6. The number of aldehydes is 1. The molecule has 1 aliphatic rings. The van der Waals surface area contributed by atoms with Gasteiger partial charge in [0.2, 0.25) is 0 Å². The predicted octanol–water partition coefficient (Wildman–Crippen LogP) is 0.577. The molecule has 1 N–H and O–H groups in total. The summed E-state index contributed by atoms with van der Waals surface area (Å²) in [5, 5.41) is 9.09. The molecule has 1 aromatic rings. The minimum atomic E-state index is -0.198. The summed E-state index contributed by atoms with van der Waals surface area (Å²) >= 11 is 0. The van der Waals surface area contributed by atoms with E-state index in [1.165, 1.54) is 6.26 Å². The highest BCUT2D eigenvalue weighted by Gasteiger charge is 2.25. The van der Waals surface area contributed by atoms with Crippen molar-refractivity contribution >= 4 is 6.29 Å². The Bertz CT molecular complexity index is 339. The van der Waals surface area contributed by atoms with E-state index in [0.717, 1.165) is 17.6 Å². The number of carbonyl (C=O) groups excluding carboxylic acids is 1. The molecule has 0 aromatic carbocycles. The van der Waals surface area contributed by atoms with Crippen LogP contribution in [-0.2, 0) is 6.54 Å². The van der Waals surface area contributed by atoms with E-state index in [2.05, 4.69) is 4.90 Å². The number of aliphatic hydroxyl groups is 1. The standard InChI is InChI=1S/C10H13NO3/c1-7-8(5-12)6-14-10(7)4-11-2-9(13)3-11/h5-6,9,13H,2-4H2,1H3. The lowest BCUT2D eigenvalue weighted by Gasteiger charge is -2.35. The Morgan fingerprint density at radius 2 is 2.43 bits per heavy atom. The quantitative estimate of drug-likeness (QED) is 0.717. The smallest absolute Gasteiger partial charge is 0.153 e. The third kappa shape index (κ3) is 1.58. The number of furan rings is 1. The molecule has 0 radical (unpaired) electrons. The van der Waals surface area contributed by atoms with Gasteiger partial charge in [0.1, 0.15) is 12.0 Å². The van der Waals surface area contributed by atoms with Crippen LogP contribution in [-0.4, -0.2) is 35.5 Å². The maximum absolute atomic E-state index is 10.5. The van der Waals surface area contributed by atoms with Crippen molar-refractivity contribution in [3.8, 4) is 0 Å². The Labute approximate surface area is 82.1 Å². The fraction of sp³-hybridized carbons (Fsp3) is 0.500. The van der Waals surface area contributed by atoms with E-state index in [0.29, 0.717) is 25.2 Å². The van der Waals surface area contributed by atoms with Crippen LogP contribution in [0.15, 0.2) is 10.7 Å². The van der Waals surface area contributed by atoms with Gasteiger partial charge >= 0.3 is 0 Å². The summed E-state index contributed by atoms with van der Waals surface area (Å²) in [6.07, 6.45) is 2.08. The van der Waals surface area contributed by atoms with Crippen molar-refractivity contribution in [2.75, 3.05) is 13.1 Å². The lowest BCUT2D eigenvalue weighted by atomic mass is 10.1. The summed E-state index contributed by atoms with van der Waals surface area (Å²) in [6, 6.07) is 0. The number of nitrogens with zero attached hydrogens (tertiary/aromatic N) is 1. The number of aliphatic hydroxyl groups excluding tert-OH is 1. The largest absolute Gasteiger partial charge is 0.467 e. The summed E-state index contributed by atoms with van der Waals surface area (Å²) in [7, 11) is 0. The minimum Gasteiger partial charge on any atom is -0.467 e. The minimum absolute atomic E-state index is 0.198. The first-order valence-corrected chi connectivity index (χ1v) is 4.63. The van der Waals surface area contributed by atoms with Crippen LogP contribution < -0.4 is 0 Å². The van der Waals surface area contributed by atoms with Crippen molar-refractivity contribution in [2.24, 2.45) is 0 Å². The molecule has 0 saturated carbocycles. The molecule has 1 aliphatic heterocycles. The molecule has 0 unspecified atom stereocenters. The molecule has 0 amide bonds. The normalized spacial score (nSPS) is 18.1. The van der Waals surface area contributed by atoms with Crippen molar-refractivity contribution < 1.29 is 14.3 Å². The third-order valence-electron chi connectivity index (χ3n) is 2.61. The zero-order valence-corrected chi connectivity index (χ0v) is 8.06.